The predicted molar refractivity (Wildman–Crippen MR) is 121 cm³/mol. The van der Waals surface area contributed by atoms with Crippen LogP contribution < -0.4 is 5.63 Å². The molecule has 4 rings (SSSR count). The molecule has 1 aliphatic rings. The molecule has 10 nitrogen and oxygen atoms in total. The molecule has 0 saturated carbocycles. The van der Waals surface area contributed by atoms with Crippen molar-refractivity contribution >= 4 is 26.7 Å². The Morgan fingerprint density at radius 2 is 1.79 bits per heavy atom. The predicted octanol–water partition coefficient (Wildman–Crippen LogP) is 2.48. The number of aromatic hydroxyl groups is 1. The highest BCUT2D eigenvalue weighted by Gasteiger charge is 2.33. The lowest BCUT2D eigenvalue weighted by molar-refractivity contribution is -0.387. The number of nitro groups is 1. The zero-order valence-corrected chi connectivity index (χ0v) is 18.7. The summed E-state index contributed by atoms with van der Waals surface area (Å²) < 4.78 is 32.5. The van der Waals surface area contributed by atoms with E-state index in [9.17, 15) is 28.4 Å². The first-order valence-electron chi connectivity index (χ1n) is 10.4. The maximum absolute atomic E-state index is 13.0. The average Bonchev–Trinajstić information content (AvgIpc) is 2.79. The van der Waals surface area contributed by atoms with Crippen LogP contribution >= 0.6 is 0 Å². The minimum atomic E-state index is -4.02. The van der Waals surface area contributed by atoms with Crippen LogP contribution in [-0.2, 0) is 23.0 Å². The first kappa shape index (κ1) is 22.9. The summed E-state index contributed by atoms with van der Waals surface area (Å²) in [5, 5.41) is 22.1. The van der Waals surface area contributed by atoms with Gasteiger partial charge in [0.15, 0.2) is 4.90 Å². The number of hydrogen-bond donors (Lipinski definition) is 1. The van der Waals surface area contributed by atoms with Crippen LogP contribution in [0.2, 0.25) is 0 Å². The second kappa shape index (κ2) is 8.93. The van der Waals surface area contributed by atoms with Crippen LogP contribution in [0.3, 0.4) is 0 Å². The molecule has 0 bridgehead atoms. The number of nitrogens with zero attached hydrogens (tertiary/aromatic N) is 3. The fourth-order valence-corrected chi connectivity index (χ4v) is 5.63. The molecule has 0 atom stereocenters. The van der Waals surface area contributed by atoms with E-state index >= 15 is 0 Å². The SMILES string of the molecule is CCc1cc2c(CN3CCN(S(=O)(=O)c4ccccc4[N+](=O)[O-])CC3)cc(=O)oc2cc1O. The van der Waals surface area contributed by atoms with Gasteiger partial charge in [-0.05, 0) is 29.7 Å². The lowest BCUT2D eigenvalue weighted by Crippen LogP contribution is -2.48. The van der Waals surface area contributed by atoms with Gasteiger partial charge in [0, 0.05) is 56.3 Å². The van der Waals surface area contributed by atoms with Gasteiger partial charge < -0.3 is 9.52 Å². The van der Waals surface area contributed by atoms with Gasteiger partial charge in [-0.1, -0.05) is 19.1 Å². The molecule has 1 aromatic heterocycles. The van der Waals surface area contributed by atoms with Gasteiger partial charge in [0.2, 0.25) is 10.0 Å². The molecule has 1 aliphatic heterocycles. The van der Waals surface area contributed by atoms with E-state index in [1.165, 1.54) is 40.7 Å². The lowest BCUT2D eigenvalue weighted by Gasteiger charge is -2.34. The van der Waals surface area contributed by atoms with Gasteiger partial charge in [-0.25, -0.2) is 13.2 Å². The molecular formula is C22H23N3O7S. The highest BCUT2D eigenvalue weighted by Crippen LogP contribution is 2.29. The molecule has 0 aliphatic carbocycles. The van der Waals surface area contributed by atoms with Crippen molar-refractivity contribution in [1.29, 1.82) is 0 Å². The van der Waals surface area contributed by atoms with Crippen LogP contribution in [0.1, 0.15) is 18.1 Å². The van der Waals surface area contributed by atoms with Crippen molar-refractivity contribution in [2.45, 2.75) is 24.8 Å². The number of para-hydroxylation sites is 1. The van der Waals surface area contributed by atoms with Crippen LogP contribution in [-0.4, -0.2) is 53.8 Å². The van der Waals surface area contributed by atoms with Gasteiger partial charge in [-0.3, -0.25) is 15.0 Å². The summed E-state index contributed by atoms with van der Waals surface area (Å²) in [6, 6.07) is 9.97. The van der Waals surface area contributed by atoms with Crippen LogP contribution in [0.15, 0.2) is 56.6 Å². The smallest absolute Gasteiger partial charge is 0.336 e. The molecule has 33 heavy (non-hydrogen) atoms. The summed E-state index contributed by atoms with van der Waals surface area (Å²) >= 11 is 0. The Balaban J connectivity index is 1.54. The number of aryl methyl sites for hydroxylation is 1. The summed E-state index contributed by atoms with van der Waals surface area (Å²) in [6.07, 6.45) is 0.614. The molecule has 1 N–H and O–H groups in total. The van der Waals surface area contributed by atoms with Crippen LogP contribution in [0.25, 0.3) is 11.0 Å². The number of sulfonamides is 1. The first-order valence-corrected chi connectivity index (χ1v) is 11.9. The van der Waals surface area contributed by atoms with E-state index in [0.717, 1.165) is 16.5 Å². The third-order valence-corrected chi connectivity index (χ3v) is 7.76. The Bertz CT molecular complexity index is 1380. The van der Waals surface area contributed by atoms with Gasteiger partial charge in [0.25, 0.3) is 5.69 Å². The number of phenols is 1. The second-order valence-electron chi connectivity index (χ2n) is 7.83. The van der Waals surface area contributed by atoms with Crippen molar-refractivity contribution in [3.8, 4) is 5.75 Å². The molecule has 0 unspecified atom stereocenters. The van der Waals surface area contributed by atoms with Crippen LogP contribution in [0, 0.1) is 10.1 Å². The third-order valence-electron chi connectivity index (χ3n) is 5.82. The van der Waals surface area contributed by atoms with E-state index < -0.39 is 26.3 Å². The normalized spacial score (nSPS) is 15.7. The molecule has 3 aromatic rings. The van der Waals surface area contributed by atoms with Crippen molar-refractivity contribution < 1.29 is 22.9 Å². The van der Waals surface area contributed by atoms with Gasteiger partial charge in [0.1, 0.15) is 11.3 Å². The maximum Gasteiger partial charge on any atom is 0.336 e. The number of benzene rings is 2. The van der Waals surface area contributed by atoms with Crippen LogP contribution in [0.5, 0.6) is 5.75 Å². The van der Waals surface area contributed by atoms with Gasteiger partial charge in [-0.2, -0.15) is 4.31 Å². The number of hydrogen-bond acceptors (Lipinski definition) is 8. The summed E-state index contributed by atoms with van der Waals surface area (Å²) in [5.74, 6) is 0.0686. The molecule has 2 heterocycles. The van der Waals surface area contributed by atoms with E-state index in [4.69, 9.17) is 4.42 Å². The fraction of sp³-hybridized carbons (Fsp3) is 0.318. The quantitative estimate of drug-likeness (QED) is 0.328. The van der Waals surface area contributed by atoms with Crippen molar-refractivity contribution in [2.24, 2.45) is 0 Å². The van der Waals surface area contributed by atoms with Gasteiger partial charge >= 0.3 is 5.63 Å². The van der Waals surface area contributed by atoms with Crippen LogP contribution in [0.4, 0.5) is 5.69 Å². The zero-order valence-electron chi connectivity index (χ0n) is 17.9. The second-order valence-corrected chi connectivity index (χ2v) is 9.73. The highest BCUT2D eigenvalue weighted by atomic mass is 32.2. The van der Waals surface area contributed by atoms with Gasteiger partial charge in [-0.15, -0.1) is 0 Å². The molecule has 1 saturated heterocycles. The topological polar surface area (TPSA) is 134 Å². The molecule has 0 radical (unpaired) electrons. The van der Waals surface area contributed by atoms with E-state index in [0.29, 0.717) is 31.6 Å². The Kier molecular flexibility index (Phi) is 6.19. The number of piperazine rings is 1. The van der Waals surface area contributed by atoms with Gasteiger partial charge in [0.05, 0.1) is 4.92 Å². The average molecular weight is 474 g/mol. The maximum atomic E-state index is 13.0. The number of rotatable bonds is 6. The monoisotopic (exact) mass is 473 g/mol. The minimum absolute atomic E-state index is 0.0686. The summed E-state index contributed by atoms with van der Waals surface area (Å²) in [4.78, 5) is 24.3. The fourth-order valence-electron chi connectivity index (χ4n) is 4.06. The Hall–Kier alpha value is -3.28. The number of fused-ring (bicyclic) bond motifs is 1. The van der Waals surface area contributed by atoms with E-state index in [2.05, 4.69) is 0 Å². The molecular weight excluding hydrogens is 450 g/mol. The molecule has 174 valence electrons. The molecule has 11 heteroatoms. The Labute approximate surface area is 189 Å². The van der Waals surface area contributed by atoms with Crippen molar-refractivity contribution in [2.75, 3.05) is 26.2 Å². The lowest BCUT2D eigenvalue weighted by atomic mass is 10.0. The summed E-state index contributed by atoms with van der Waals surface area (Å²) in [7, 11) is -4.02. The van der Waals surface area contributed by atoms with E-state index in [1.807, 2.05) is 11.8 Å². The number of phenolic OH excluding ortho intramolecular Hbond substituents is 1. The first-order chi connectivity index (χ1) is 15.7. The molecule has 0 amide bonds. The van der Waals surface area contributed by atoms with Crippen molar-refractivity contribution in [3.63, 3.8) is 0 Å². The molecule has 0 spiro atoms. The Morgan fingerprint density at radius 1 is 1.09 bits per heavy atom. The zero-order chi connectivity index (χ0) is 23.8. The largest absolute Gasteiger partial charge is 0.508 e. The summed E-state index contributed by atoms with van der Waals surface area (Å²) in [6.45, 7) is 3.41. The highest BCUT2D eigenvalue weighted by molar-refractivity contribution is 7.89. The minimum Gasteiger partial charge on any atom is -0.508 e. The van der Waals surface area contributed by atoms with Crippen molar-refractivity contribution in [3.05, 3.63) is 74.1 Å². The van der Waals surface area contributed by atoms with E-state index in [-0.39, 0.29) is 23.7 Å². The molecule has 1 fully saturated rings. The summed E-state index contributed by atoms with van der Waals surface area (Å²) in [5.41, 5.74) is 0.782. The Morgan fingerprint density at radius 3 is 2.45 bits per heavy atom. The molecule has 2 aromatic carbocycles. The standard InChI is InChI=1S/C22H23N3O7S/c1-2-15-11-17-16(12-22(27)32-20(17)13-19(15)26)14-23-7-9-24(10-8-23)33(30,31)21-6-4-3-5-18(21)25(28)29/h3-6,11-13,26H,2,7-10,14H2,1H3. The van der Waals surface area contributed by atoms with E-state index in [1.54, 1.807) is 6.07 Å². The third kappa shape index (κ3) is 4.47. The van der Waals surface area contributed by atoms with Crippen molar-refractivity contribution in [1.82, 2.24) is 9.21 Å². The number of nitro benzene ring substituents is 1.